The number of aromatic nitrogens is 2. The summed E-state index contributed by atoms with van der Waals surface area (Å²) in [7, 11) is 5.30. The molecule has 0 radical (unpaired) electrons. The minimum Gasteiger partial charge on any atom is -0.383 e. The van der Waals surface area contributed by atoms with Gasteiger partial charge in [0.1, 0.15) is 0 Å². The van der Waals surface area contributed by atoms with Crippen molar-refractivity contribution in [3.8, 4) is 0 Å². The van der Waals surface area contributed by atoms with Crippen LogP contribution in [0, 0.1) is 5.92 Å². The van der Waals surface area contributed by atoms with Gasteiger partial charge in [0.15, 0.2) is 5.96 Å². The number of hydrogen-bond donors (Lipinski definition) is 2. The number of likely N-dealkylation sites (tertiary alicyclic amines) is 1. The molecule has 8 heteroatoms. The third kappa shape index (κ3) is 5.52. The van der Waals surface area contributed by atoms with Crippen LogP contribution >= 0.6 is 0 Å². The van der Waals surface area contributed by atoms with Crippen molar-refractivity contribution >= 4 is 11.9 Å². The van der Waals surface area contributed by atoms with Crippen molar-refractivity contribution in [1.82, 2.24) is 25.3 Å². The zero-order chi connectivity index (χ0) is 17.4. The van der Waals surface area contributed by atoms with Crippen molar-refractivity contribution in [2.24, 2.45) is 18.0 Å². The molecule has 1 aliphatic heterocycles. The summed E-state index contributed by atoms with van der Waals surface area (Å²) >= 11 is 0. The summed E-state index contributed by atoms with van der Waals surface area (Å²) < 4.78 is 6.75. The maximum atomic E-state index is 11.7. The van der Waals surface area contributed by atoms with Gasteiger partial charge in [-0.15, -0.1) is 0 Å². The number of nitrogens with zero attached hydrogens (tertiary/aromatic N) is 4. The van der Waals surface area contributed by atoms with E-state index in [4.69, 9.17) is 4.74 Å². The molecule has 1 saturated heterocycles. The summed E-state index contributed by atoms with van der Waals surface area (Å²) in [6.07, 6.45) is 6.15. The number of rotatable bonds is 7. The lowest BCUT2D eigenvalue weighted by atomic mass is 10.0. The number of carbonyl (C=O) groups excluding carboxylic acids is 1. The molecule has 0 aliphatic carbocycles. The van der Waals surface area contributed by atoms with E-state index in [0.29, 0.717) is 19.1 Å². The summed E-state index contributed by atoms with van der Waals surface area (Å²) in [6, 6.07) is 0. The average molecular weight is 336 g/mol. The number of aryl methyl sites for hydroxylation is 1. The van der Waals surface area contributed by atoms with Crippen molar-refractivity contribution < 1.29 is 9.53 Å². The number of methoxy groups -OCH3 is 1. The van der Waals surface area contributed by atoms with Crippen LogP contribution in [-0.4, -0.2) is 73.5 Å². The van der Waals surface area contributed by atoms with Crippen molar-refractivity contribution in [2.45, 2.75) is 12.8 Å². The zero-order valence-electron chi connectivity index (χ0n) is 14.8. The molecule has 1 unspecified atom stereocenters. The standard InChI is InChI=1S/C16H28N6O2/c1-17-16(19-10-15(23)18-5-7-24-3)22-6-4-13(12-22)8-14-9-20-21(2)11-14/h9,11,13H,4-8,10,12H2,1-3H3,(H,17,19)(H,18,23). The van der Waals surface area contributed by atoms with Crippen molar-refractivity contribution in [3.05, 3.63) is 18.0 Å². The molecule has 8 nitrogen and oxygen atoms in total. The van der Waals surface area contributed by atoms with Gasteiger partial charge in [-0.2, -0.15) is 5.10 Å². The second-order valence-electron chi connectivity index (χ2n) is 6.07. The SMILES string of the molecule is CN=C(NCC(=O)NCCOC)N1CCC(Cc2cnn(C)c2)C1. The van der Waals surface area contributed by atoms with E-state index in [9.17, 15) is 4.79 Å². The lowest BCUT2D eigenvalue weighted by Gasteiger charge is -2.21. The van der Waals surface area contributed by atoms with Gasteiger partial charge in [0.05, 0.1) is 19.3 Å². The molecule has 1 aliphatic rings. The minimum atomic E-state index is -0.0562. The highest BCUT2D eigenvalue weighted by atomic mass is 16.5. The number of amides is 1. The van der Waals surface area contributed by atoms with Crippen LogP contribution in [0.4, 0.5) is 0 Å². The highest BCUT2D eigenvalue weighted by molar-refractivity contribution is 5.86. The van der Waals surface area contributed by atoms with E-state index >= 15 is 0 Å². The molecule has 2 heterocycles. The molecule has 2 N–H and O–H groups in total. The number of hydrogen-bond acceptors (Lipinski definition) is 4. The lowest BCUT2D eigenvalue weighted by Crippen LogP contribution is -2.45. The first-order chi connectivity index (χ1) is 11.6. The fourth-order valence-electron chi connectivity index (χ4n) is 2.95. The van der Waals surface area contributed by atoms with E-state index in [1.165, 1.54) is 5.56 Å². The molecule has 2 rings (SSSR count). The first kappa shape index (κ1) is 18.3. The first-order valence-corrected chi connectivity index (χ1v) is 8.31. The van der Waals surface area contributed by atoms with E-state index in [-0.39, 0.29) is 12.5 Å². The van der Waals surface area contributed by atoms with Gasteiger partial charge in [-0.25, -0.2) is 0 Å². The van der Waals surface area contributed by atoms with Gasteiger partial charge < -0.3 is 20.3 Å². The van der Waals surface area contributed by atoms with Crippen LogP contribution < -0.4 is 10.6 Å². The van der Waals surface area contributed by atoms with E-state index < -0.39 is 0 Å². The largest absolute Gasteiger partial charge is 0.383 e. The predicted molar refractivity (Wildman–Crippen MR) is 92.8 cm³/mol. The Labute approximate surface area is 143 Å². The van der Waals surface area contributed by atoms with Crippen LogP contribution in [0.2, 0.25) is 0 Å². The topological polar surface area (TPSA) is 83.8 Å². The minimum absolute atomic E-state index is 0.0562. The molecule has 1 fully saturated rings. The molecular weight excluding hydrogens is 308 g/mol. The van der Waals surface area contributed by atoms with Crippen LogP contribution in [0.3, 0.4) is 0 Å². The quantitative estimate of drug-likeness (QED) is 0.403. The number of carbonyl (C=O) groups is 1. The molecule has 0 bridgehead atoms. The highest BCUT2D eigenvalue weighted by Crippen LogP contribution is 2.20. The summed E-state index contributed by atoms with van der Waals surface area (Å²) in [5.41, 5.74) is 1.27. The summed E-state index contributed by atoms with van der Waals surface area (Å²) in [4.78, 5) is 18.3. The molecule has 0 aromatic carbocycles. The van der Waals surface area contributed by atoms with E-state index in [1.807, 2.05) is 17.9 Å². The third-order valence-corrected chi connectivity index (χ3v) is 4.12. The van der Waals surface area contributed by atoms with Crippen molar-refractivity contribution in [1.29, 1.82) is 0 Å². The van der Waals surface area contributed by atoms with E-state index in [2.05, 4.69) is 31.8 Å². The molecule has 1 aromatic rings. The molecule has 0 saturated carbocycles. The Kier molecular flexibility index (Phi) is 7.05. The Bertz CT molecular complexity index is 557. The number of ether oxygens (including phenoxy) is 1. The number of aliphatic imine (C=N–C) groups is 1. The summed E-state index contributed by atoms with van der Waals surface area (Å²) in [6.45, 7) is 3.16. The zero-order valence-corrected chi connectivity index (χ0v) is 14.8. The van der Waals surface area contributed by atoms with Crippen LogP contribution in [0.15, 0.2) is 17.4 Å². The molecule has 1 amide bonds. The first-order valence-electron chi connectivity index (χ1n) is 8.31. The fraction of sp³-hybridized carbons (Fsp3) is 0.688. The van der Waals surface area contributed by atoms with Crippen molar-refractivity contribution in [3.63, 3.8) is 0 Å². The Hall–Kier alpha value is -2.09. The van der Waals surface area contributed by atoms with Gasteiger partial charge >= 0.3 is 0 Å². The maximum Gasteiger partial charge on any atom is 0.239 e. The Morgan fingerprint density at radius 1 is 1.50 bits per heavy atom. The van der Waals surface area contributed by atoms with E-state index in [1.54, 1.807) is 14.2 Å². The van der Waals surface area contributed by atoms with E-state index in [0.717, 1.165) is 31.9 Å². The number of nitrogens with one attached hydrogen (secondary N) is 2. The molecule has 24 heavy (non-hydrogen) atoms. The molecule has 134 valence electrons. The average Bonchev–Trinajstić information content (AvgIpc) is 3.18. The Morgan fingerprint density at radius 2 is 2.33 bits per heavy atom. The molecule has 1 atom stereocenters. The Morgan fingerprint density at radius 3 is 3.00 bits per heavy atom. The van der Waals surface area contributed by atoms with Gasteiger partial charge in [-0.3, -0.25) is 14.5 Å². The monoisotopic (exact) mass is 336 g/mol. The third-order valence-electron chi connectivity index (χ3n) is 4.12. The second-order valence-corrected chi connectivity index (χ2v) is 6.07. The summed E-state index contributed by atoms with van der Waals surface area (Å²) in [5, 5.41) is 10.1. The molecular formula is C16H28N6O2. The lowest BCUT2D eigenvalue weighted by molar-refractivity contribution is -0.120. The predicted octanol–water partition coefficient (Wildman–Crippen LogP) is -0.377. The van der Waals surface area contributed by atoms with Gasteiger partial charge in [-0.1, -0.05) is 0 Å². The normalized spacial score (nSPS) is 18.0. The highest BCUT2D eigenvalue weighted by Gasteiger charge is 2.25. The summed E-state index contributed by atoms with van der Waals surface area (Å²) in [5.74, 6) is 1.31. The molecule has 0 spiro atoms. The van der Waals surface area contributed by atoms with Gasteiger partial charge in [0.2, 0.25) is 5.91 Å². The van der Waals surface area contributed by atoms with Gasteiger partial charge in [-0.05, 0) is 24.3 Å². The number of guanidine groups is 1. The fourth-order valence-corrected chi connectivity index (χ4v) is 2.95. The van der Waals surface area contributed by atoms with Crippen LogP contribution in [0.1, 0.15) is 12.0 Å². The van der Waals surface area contributed by atoms with Gasteiger partial charge in [0.25, 0.3) is 0 Å². The van der Waals surface area contributed by atoms with Gasteiger partial charge in [0, 0.05) is 47.0 Å². The smallest absolute Gasteiger partial charge is 0.239 e. The van der Waals surface area contributed by atoms with Crippen LogP contribution in [0.5, 0.6) is 0 Å². The molecule has 1 aromatic heterocycles. The Balaban J connectivity index is 1.74. The van der Waals surface area contributed by atoms with Crippen LogP contribution in [0.25, 0.3) is 0 Å². The maximum absolute atomic E-state index is 11.7. The van der Waals surface area contributed by atoms with Crippen LogP contribution in [-0.2, 0) is 23.0 Å². The second kappa shape index (κ2) is 9.27. The van der Waals surface area contributed by atoms with Crippen molar-refractivity contribution in [2.75, 3.05) is 46.9 Å².